The van der Waals surface area contributed by atoms with E-state index < -0.39 is 9.90 Å². The molecule has 80 valence electrons. The molecule has 1 heterocycles. The van der Waals surface area contributed by atoms with Crippen molar-refractivity contribution in [3.05, 3.63) is 18.2 Å². The zero-order valence-electron chi connectivity index (χ0n) is 7.07. The van der Waals surface area contributed by atoms with E-state index in [2.05, 4.69) is 4.98 Å². The predicted molar refractivity (Wildman–Crippen MR) is 54.6 cm³/mol. The second-order valence-corrected chi connectivity index (χ2v) is 5.02. The zero-order chi connectivity index (χ0) is 10.8. The summed E-state index contributed by atoms with van der Waals surface area (Å²) in [7, 11) is 0. The molecule has 0 aromatic carbocycles. The van der Waals surface area contributed by atoms with Crippen LogP contribution in [0, 0.1) is 0 Å². The summed E-state index contributed by atoms with van der Waals surface area (Å²) in [6.07, 6.45) is 2.13. The molecule has 4 nitrogen and oxygen atoms in total. The Kier molecular flexibility index (Phi) is 4.04. The van der Waals surface area contributed by atoms with Crippen molar-refractivity contribution in [2.45, 2.75) is 16.4 Å². The van der Waals surface area contributed by atoms with Gasteiger partial charge in [0, 0.05) is 12.4 Å². The predicted octanol–water partition coefficient (Wildman–Crippen LogP) is 1.06. The standard InChI is InChI=1S/C7H9Cl3N2O2/c8-7(9,10)6-11-1-2-12(6)3-5(14)4-13/h1-2,5,13-14H,3-4H2. The number of aromatic nitrogens is 2. The van der Waals surface area contributed by atoms with Gasteiger partial charge in [-0.25, -0.2) is 4.98 Å². The minimum absolute atomic E-state index is 0.139. The smallest absolute Gasteiger partial charge is 0.248 e. The molecular weight excluding hydrogens is 250 g/mol. The molecule has 14 heavy (non-hydrogen) atoms. The molecule has 0 bridgehead atoms. The maximum Gasteiger partial charge on any atom is 0.248 e. The molecule has 0 saturated carbocycles. The molecule has 0 amide bonds. The van der Waals surface area contributed by atoms with Crippen molar-refractivity contribution >= 4 is 34.8 Å². The van der Waals surface area contributed by atoms with Gasteiger partial charge in [-0.3, -0.25) is 0 Å². The lowest BCUT2D eigenvalue weighted by Gasteiger charge is -2.15. The van der Waals surface area contributed by atoms with Gasteiger partial charge in [0.25, 0.3) is 0 Å². The Morgan fingerprint density at radius 1 is 1.50 bits per heavy atom. The fourth-order valence-corrected chi connectivity index (χ4v) is 1.47. The monoisotopic (exact) mass is 258 g/mol. The van der Waals surface area contributed by atoms with E-state index in [1.54, 1.807) is 6.20 Å². The first-order chi connectivity index (χ1) is 6.45. The number of rotatable bonds is 3. The Balaban J connectivity index is 2.83. The molecule has 1 unspecified atom stereocenters. The fraction of sp³-hybridized carbons (Fsp3) is 0.571. The molecule has 0 saturated heterocycles. The van der Waals surface area contributed by atoms with Crippen LogP contribution in [-0.4, -0.2) is 32.5 Å². The highest BCUT2D eigenvalue weighted by Crippen LogP contribution is 2.36. The summed E-state index contributed by atoms with van der Waals surface area (Å²) in [5.41, 5.74) is 0. The third-order valence-electron chi connectivity index (χ3n) is 1.59. The van der Waals surface area contributed by atoms with Crippen LogP contribution in [0.15, 0.2) is 12.4 Å². The number of aliphatic hydroxyl groups excluding tert-OH is 2. The molecule has 0 aliphatic carbocycles. The zero-order valence-corrected chi connectivity index (χ0v) is 9.34. The first-order valence-electron chi connectivity index (χ1n) is 3.82. The Bertz CT molecular complexity index is 297. The van der Waals surface area contributed by atoms with Gasteiger partial charge in [-0.15, -0.1) is 0 Å². The quantitative estimate of drug-likeness (QED) is 0.798. The third kappa shape index (κ3) is 3.00. The van der Waals surface area contributed by atoms with E-state index in [4.69, 9.17) is 39.9 Å². The van der Waals surface area contributed by atoms with Crippen LogP contribution in [0.1, 0.15) is 5.82 Å². The molecule has 0 radical (unpaired) electrons. The second kappa shape index (κ2) is 4.68. The van der Waals surface area contributed by atoms with Crippen molar-refractivity contribution in [1.29, 1.82) is 0 Å². The Morgan fingerprint density at radius 3 is 2.64 bits per heavy atom. The SMILES string of the molecule is OCC(O)Cn1ccnc1C(Cl)(Cl)Cl. The van der Waals surface area contributed by atoms with Crippen molar-refractivity contribution in [3.63, 3.8) is 0 Å². The minimum Gasteiger partial charge on any atom is -0.394 e. The van der Waals surface area contributed by atoms with Crippen LogP contribution in [0.25, 0.3) is 0 Å². The largest absolute Gasteiger partial charge is 0.394 e. The van der Waals surface area contributed by atoms with Crippen molar-refractivity contribution in [3.8, 4) is 0 Å². The normalized spacial score (nSPS) is 14.4. The average Bonchev–Trinajstić information content (AvgIpc) is 2.51. The maximum absolute atomic E-state index is 9.19. The van der Waals surface area contributed by atoms with Gasteiger partial charge in [-0.2, -0.15) is 0 Å². The van der Waals surface area contributed by atoms with E-state index >= 15 is 0 Å². The molecule has 0 fully saturated rings. The molecular formula is C7H9Cl3N2O2. The molecule has 7 heteroatoms. The molecule has 0 spiro atoms. The Morgan fingerprint density at radius 2 is 2.14 bits per heavy atom. The first kappa shape index (κ1) is 12.1. The minimum atomic E-state index is -1.63. The number of aliphatic hydroxyl groups is 2. The number of hydrogen-bond donors (Lipinski definition) is 2. The van der Waals surface area contributed by atoms with E-state index in [-0.39, 0.29) is 19.0 Å². The molecule has 0 aliphatic heterocycles. The van der Waals surface area contributed by atoms with Crippen LogP contribution in [-0.2, 0) is 10.3 Å². The number of nitrogens with zero attached hydrogens (tertiary/aromatic N) is 2. The highest BCUT2D eigenvalue weighted by molar-refractivity contribution is 6.66. The molecule has 1 rings (SSSR count). The average molecular weight is 260 g/mol. The Hall–Kier alpha value is -0.000000000000000111. The highest BCUT2D eigenvalue weighted by atomic mass is 35.6. The van der Waals surface area contributed by atoms with Crippen LogP contribution in [0.4, 0.5) is 0 Å². The highest BCUT2D eigenvalue weighted by Gasteiger charge is 2.28. The first-order valence-corrected chi connectivity index (χ1v) is 4.95. The topological polar surface area (TPSA) is 58.3 Å². The van der Waals surface area contributed by atoms with Gasteiger partial charge < -0.3 is 14.8 Å². The van der Waals surface area contributed by atoms with Crippen molar-refractivity contribution in [2.24, 2.45) is 0 Å². The van der Waals surface area contributed by atoms with Crippen molar-refractivity contribution in [2.75, 3.05) is 6.61 Å². The van der Waals surface area contributed by atoms with Gasteiger partial charge in [-0.1, -0.05) is 34.8 Å². The van der Waals surface area contributed by atoms with E-state index in [0.717, 1.165) is 0 Å². The molecule has 1 aromatic heterocycles. The summed E-state index contributed by atoms with van der Waals surface area (Å²) in [4.78, 5) is 3.85. The summed E-state index contributed by atoms with van der Waals surface area (Å²) in [6, 6.07) is 0. The van der Waals surface area contributed by atoms with E-state index in [0.29, 0.717) is 0 Å². The van der Waals surface area contributed by atoms with Gasteiger partial charge in [0.1, 0.15) is 0 Å². The van der Waals surface area contributed by atoms with Crippen LogP contribution < -0.4 is 0 Å². The van der Waals surface area contributed by atoms with Gasteiger partial charge in [0.05, 0.1) is 19.3 Å². The fourth-order valence-electron chi connectivity index (χ4n) is 0.997. The Labute approximate surface area is 96.0 Å². The van der Waals surface area contributed by atoms with E-state index in [1.165, 1.54) is 10.8 Å². The van der Waals surface area contributed by atoms with Gasteiger partial charge >= 0.3 is 0 Å². The maximum atomic E-state index is 9.19. The number of halogens is 3. The summed E-state index contributed by atoms with van der Waals surface area (Å²) >= 11 is 16.9. The number of imidazole rings is 1. The summed E-state index contributed by atoms with van der Waals surface area (Å²) in [5.74, 6) is 0.218. The second-order valence-electron chi connectivity index (χ2n) is 2.74. The lowest BCUT2D eigenvalue weighted by Crippen LogP contribution is -2.22. The van der Waals surface area contributed by atoms with E-state index in [1.807, 2.05) is 0 Å². The summed E-state index contributed by atoms with van der Waals surface area (Å²) in [6.45, 7) is -0.211. The van der Waals surface area contributed by atoms with Gasteiger partial charge in [0.15, 0.2) is 5.82 Å². The lowest BCUT2D eigenvalue weighted by atomic mass is 10.4. The number of hydrogen-bond acceptors (Lipinski definition) is 3. The number of alkyl halides is 3. The molecule has 0 aliphatic rings. The van der Waals surface area contributed by atoms with Gasteiger partial charge in [0.2, 0.25) is 3.79 Å². The molecule has 2 N–H and O–H groups in total. The van der Waals surface area contributed by atoms with E-state index in [9.17, 15) is 5.11 Å². The van der Waals surface area contributed by atoms with Crippen LogP contribution in [0.3, 0.4) is 0 Å². The summed E-state index contributed by atoms with van der Waals surface area (Å²) < 4.78 is -0.146. The van der Waals surface area contributed by atoms with Crippen LogP contribution in [0.5, 0.6) is 0 Å². The third-order valence-corrected chi connectivity index (χ3v) is 2.09. The lowest BCUT2D eigenvalue weighted by molar-refractivity contribution is 0.0805. The van der Waals surface area contributed by atoms with Crippen LogP contribution >= 0.6 is 34.8 Å². The van der Waals surface area contributed by atoms with Crippen molar-refractivity contribution < 1.29 is 10.2 Å². The molecule has 1 aromatic rings. The summed E-state index contributed by atoms with van der Waals surface area (Å²) in [5, 5.41) is 17.8. The van der Waals surface area contributed by atoms with Crippen molar-refractivity contribution in [1.82, 2.24) is 9.55 Å². The molecule has 1 atom stereocenters. The van der Waals surface area contributed by atoms with Gasteiger partial charge in [-0.05, 0) is 0 Å². The van der Waals surface area contributed by atoms with Crippen LogP contribution in [0.2, 0.25) is 0 Å².